The van der Waals surface area contributed by atoms with E-state index in [4.69, 9.17) is 4.74 Å². The predicted octanol–water partition coefficient (Wildman–Crippen LogP) is 3.62. The molecule has 0 aromatic heterocycles. The molecule has 0 atom stereocenters. The molecule has 0 aliphatic carbocycles. The lowest BCUT2D eigenvalue weighted by Gasteiger charge is -2.22. The van der Waals surface area contributed by atoms with Crippen LogP contribution in [0, 0.1) is 13.8 Å². The van der Waals surface area contributed by atoms with E-state index < -0.39 is 0 Å². The number of rotatable bonds is 2. The first kappa shape index (κ1) is 13.2. The van der Waals surface area contributed by atoms with Gasteiger partial charge in [0.2, 0.25) is 0 Å². The molecule has 0 bridgehead atoms. The molecule has 0 radical (unpaired) electrons. The van der Waals surface area contributed by atoms with Crippen molar-refractivity contribution in [2.75, 3.05) is 13.7 Å². The van der Waals surface area contributed by atoms with Gasteiger partial charge < -0.3 is 10.1 Å². The lowest BCUT2D eigenvalue weighted by molar-refractivity contribution is 0.416. The van der Waals surface area contributed by atoms with Crippen LogP contribution in [0.25, 0.3) is 11.1 Å². The summed E-state index contributed by atoms with van der Waals surface area (Å²) in [5.41, 5.74) is 7.95. The average molecular weight is 267 g/mol. The van der Waals surface area contributed by atoms with Crippen molar-refractivity contribution in [1.29, 1.82) is 0 Å². The van der Waals surface area contributed by atoms with Gasteiger partial charge in [-0.05, 0) is 60.7 Å². The van der Waals surface area contributed by atoms with E-state index in [1.807, 2.05) is 0 Å². The maximum Gasteiger partial charge on any atom is 0.127 e. The molecule has 20 heavy (non-hydrogen) atoms. The Hall–Kier alpha value is -1.80. The molecular formula is C18H21NO. The molecule has 0 saturated carbocycles. The second-order valence-electron chi connectivity index (χ2n) is 5.53. The number of ether oxygens (including phenoxy) is 1. The molecule has 3 rings (SSSR count). The van der Waals surface area contributed by atoms with Gasteiger partial charge in [0, 0.05) is 12.1 Å². The van der Waals surface area contributed by atoms with Crippen molar-refractivity contribution in [2.24, 2.45) is 0 Å². The van der Waals surface area contributed by atoms with E-state index in [1.54, 1.807) is 7.11 Å². The monoisotopic (exact) mass is 267 g/mol. The van der Waals surface area contributed by atoms with Crippen LogP contribution in [0.2, 0.25) is 0 Å². The van der Waals surface area contributed by atoms with Crippen molar-refractivity contribution in [1.82, 2.24) is 5.32 Å². The molecule has 0 saturated heterocycles. The lowest BCUT2D eigenvalue weighted by Crippen LogP contribution is -2.24. The summed E-state index contributed by atoms with van der Waals surface area (Å²) in [4.78, 5) is 0. The molecular weight excluding hydrogens is 246 g/mol. The first-order valence-corrected chi connectivity index (χ1v) is 7.18. The minimum absolute atomic E-state index is 0.946. The smallest absolute Gasteiger partial charge is 0.127 e. The van der Waals surface area contributed by atoms with Crippen molar-refractivity contribution in [3.8, 4) is 16.9 Å². The highest BCUT2D eigenvalue weighted by atomic mass is 16.5. The third-order valence-electron chi connectivity index (χ3n) is 4.08. The zero-order valence-corrected chi connectivity index (χ0v) is 12.4. The summed E-state index contributed by atoms with van der Waals surface area (Å²) in [5.74, 6) is 0.974. The van der Waals surface area contributed by atoms with E-state index in [1.165, 1.54) is 33.4 Å². The highest BCUT2D eigenvalue weighted by molar-refractivity contribution is 5.78. The summed E-state index contributed by atoms with van der Waals surface area (Å²) in [6.45, 7) is 6.30. The van der Waals surface area contributed by atoms with Gasteiger partial charge in [0.1, 0.15) is 5.75 Å². The van der Waals surface area contributed by atoms with E-state index >= 15 is 0 Å². The van der Waals surface area contributed by atoms with Crippen molar-refractivity contribution < 1.29 is 4.74 Å². The third kappa shape index (κ3) is 2.20. The normalized spacial score (nSPS) is 13.9. The molecule has 1 aliphatic heterocycles. The molecule has 2 aromatic rings. The third-order valence-corrected chi connectivity index (χ3v) is 4.08. The highest BCUT2D eigenvalue weighted by Gasteiger charge is 2.17. The molecule has 1 aliphatic rings. The van der Waals surface area contributed by atoms with Gasteiger partial charge in [0.15, 0.2) is 0 Å². The standard InChI is InChI=1S/C18H21NO/c1-12-9-13(2)18(17(10-12)20-3)15-6-4-5-14-7-8-19-11-16(14)15/h4-6,9-10,19H,7-8,11H2,1-3H3. The van der Waals surface area contributed by atoms with Crippen molar-refractivity contribution in [3.63, 3.8) is 0 Å². The summed E-state index contributed by atoms with van der Waals surface area (Å²) >= 11 is 0. The molecule has 2 aromatic carbocycles. The summed E-state index contributed by atoms with van der Waals surface area (Å²) in [6.07, 6.45) is 1.11. The molecule has 0 unspecified atom stereocenters. The largest absolute Gasteiger partial charge is 0.496 e. The highest BCUT2D eigenvalue weighted by Crippen LogP contribution is 2.37. The minimum Gasteiger partial charge on any atom is -0.496 e. The lowest BCUT2D eigenvalue weighted by atomic mass is 9.89. The summed E-state index contributed by atoms with van der Waals surface area (Å²) in [5, 5.41) is 3.48. The van der Waals surface area contributed by atoms with Gasteiger partial charge >= 0.3 is 0 Å². The van der Waals surface area contributed by atoms with Gasteiger partial charge in [0.25, 0.3) is 0 Å². The Morgan fingerprint density at radius 2 is 2.00 bits per heavy atom. The van der Waals surface area contributed by atoms with E-state index in [0.717, 1.165) is 25.3 Å². The molecule has 2 heteroatoms. The predicted molar refractivity (Wildman–Crippen MR) is 83.3 cm³/mol. The number of methoxy groups -OCH3 is 1. The van der Waals surface area contributed by atoms with Crippen molar-refractivity contribution in [2.45, 2.75) is 26.8 Å². The molecule has 104 valence electrons. The molecule has 0 fully saturated rings. The summed E-state index contributed by atoms with van der Waals surface area (Å²) in [6, 6.07) is 11.0. The second-order valence-corrected chi connectivity index (χ2v) is 5.53. The maximum atomic E-state index is 5.63. The number of fused-ring (bicyclic) bond motifs is 1. The van der Waals surface area contributed by atoms with Crippen LogP contribution in [0.3, 0.4) is 0 Å². The Kier molecular flexibility index (Phi) is 3.49. The van der Waals surface area contributed by atoms with Crippen molar-refractivity contribution >= 4 is 0 Å². The zero-order valence-electron chi connectivity index (χ0n) is 12.4. The SMILES string of the molecule is COc1cc(C)cc(C)c1-c1cccc2c1CNCC2. The first-order chi connectivity index (χ1) is 9.70. The second kappa shape index (κ2) is 5.29. The molecule has 1 N–H and O–H groups in total. The maximum absolute atomic E-state index is 5.63. The van der Waals surface area contributed by atoms with Gasteiger partial charge in [-0.25, -0.2) is 0 Å². The van der Waals surface area contributed by atoms with Gasteiger partial charge in [-0.3, -0.25) is 0 Å². The van der Waals surface area contributed by atoms with Crippen LogP contribution in [-0.2, 0) is 13.0 Å². The Morgan fingerprint density at radius 1 is 1.15 bits per heavy atom. The van der Waals surface area contributed by atoms with Crippen LogP contribution in [0.15, 0.2) is 30.3 Å². The van der Waals surface area contributed by atoms with Gasteiger partial charge in [-0.15, -0.1) is 0 Å². The van der Waals surface area contributed by atoms with Crippen LogP contribution < -0.4 is 10.1 Å². The van der Waals surface area contributed by atoms with Gasteiger partial charge in [-0.2, -0.15) is 0 Å². The quantitative estimate of drug-likeness (QED) is 0.897. The summed E-state index contributed by atoms with van der Waals surface area (Å²) in [7, 11) is 1.76. The van der Waals surface area contributed by atoms with E-state index in [-0.39, 0.29) is 0 Å². The summed E-state index contributed by atoms with van der Waals surface area (Å²) < 4.78 is 5.63. The number of hydrogen-bond donors (Lipinski definition) is 1. The van der Waals surface area contributed by atoms with Crippen LogP contribution >= 0.6 is 0 Å². The number of hydrogen-bond acceptors (Lipinski definition) is 2. The average Bonchev–Trinajstić information content (AvgIpc) is 2.46. The van der Waals surface area contributed by atoms with Gasteiger partial charge in [-0.1, -0.05) is 24.3 Å². The fraction of sp³-hybridized carbons (Fsp3) is 0.333. The minimum atomic E-state index is 0.946. The topological polar surface area (TPSA) is 21.3 Å². The molecule has 0 spiro atoms. The molecule has 2 nitrogen and oxygen atoms in total. The Balaban J connectivity index is 2.24. The fourth-order valence-electron chi connectivity index (χ4n) is 3.18. The number of aryl methyl sites for hydroxylation is 2. The van der Waals surface area contributed by atoms with Crippen molar-refractivity contribution in [3.05, 3.63) is 52.6 Å². The van der Waals surface area contributed by atoms with E-state index in [2.05, 4.69) is 49.5 Å². The van der Waals surface area contributed by atoms with Crippen LogP contribution in [0.1, 0.15) is 22.3 Å². The van der Waals surface area contributed by atoms with Gasteiger partial charge in [0.05, 0.1) is 7.11 Å². The Labute approximate surface area is 120 Å². The number of nitrogens with one attached hydrogen (secondary N) is 1. The Morgan fingerprint density at radius 3 is 2.80 bits per heavy atom. The molecule has 1 heterocycles. The molecule has 0 amide bonds. The number of benzene rings is 2. The van der Waals surface area contributed by atoms with E-state index in [0.29, 0.717) is 0 Å². The van der Waals surface area contributed by atoms with Crippen LogP contribution in [0.4, 0.5) is 0 Å². The van der Waals surface area contributed by atoms with Crippen LogP contribution in [-0.4, -0.2) is 13.7 Å². The zero-order chi connectivity index (χ0) is 14.1. The van der Waals surface area contributed by atoms with E-state index in [9.17, 15) is 0 Å². The fourth-order valence-corrected chi connectivity index (χ4v) is 3.18. The Bertz CT molecular complexity index is 646. The first-order valence-electron chi connectivity index (χ1n) is 7.18. The van der Waals surface area contributed by atoms with Crippen LogP contribution in [0.5, 0.6) is 5.75 Å².